The fraction of sp³-hybridized carbons (Fsp3) is 0.170. The van der Waals surface area contributed by atoms with Crippen molar-refractivity contribution in [1.29, 1.82) is 0 Å². The van der Waals surface area contributed by atoms with Gasteiger partial charge in [-0.05, 0) is 157 Å². The van der Waals surface area contributed by atoms with Crippen LogP contribution in [0.25, 0.3) is 95.5 Å². The zero-order valence-electron chi connectivity index (χ0n) is 34.0. The summed E-state index contributed by atoms with van der Waals surface area (Å²) >= 11 is 0. The van der Waals surface area contributed by atoms with E-state index in [9.17, 15) is 0 Å². The minimum Gasteiger partial charge on any atom is -0.296 e. The first-order valence-electron chi connectivity index (χ1n) is 20.1. The molecule has 4 aromatic heterocycles. The van der Waals surface area contributed by atoms with Crippen LogP contribution in [0.5, 0.6) is 0 Å². The van der Waals surface area contributed by atoms with Gasteiger partial charge < -0.3 is 0 Å². The van der Waals surface area contributed by atoms with Crippen molar-refractivity contribution in [2.45, 2.75) is 60.8 Å². The fourth-order valence-electron chi connectivity index (χ4n) is 9.69. The van der Waals surface area contributed by atoms with E-state index in [1.165, 1.54) is 88.6 Å². The Kier molecular flexibility index (Phi) is 7.82. The maximum Gasteiger partial charge on any atom is 0.146 e. The molecule has 57 heavy (non-hydrogen) atoms. The third kappa shape index (κ3) is 4.99. The van der Waals surface area contributed by atoms with Gasteiger partial charge in [-0.15, -0.1) is 0 Å². The molecule has 4 heteroatoms. The van der Waals surface area contributed by atoms with Crippen molar-refractivity contribution >= 4 is 62.1 Å². The van der Waals surface area contributed by atoms with Crippen LogP contribution in [0.1, 0.15) is 79.6 Å². The second-order valence-electron chi connectivity index (χ2n) is 16.2. The standard InChI is InChI=1S/C53H46N4/c1-9-14-38-33(6)56-49(16-11-3)32(5)54-51(56)42-26-22-35(28-44(38)42)37-20-24-40-39-23-19-36(29-45(39)53(7,8)46(40)30-37)34-21-25-41-43(27-34)31(4)48(15-10-2)57-50-18-13-12-17-47(50)55-52(41)57/h9-30H,1-8H3/b14-9-,15-10-,16-11-. The molecule has 4 heterocycles. The summed E-state index contributed by atoms with van der Waals surface area (Å²) in [4.78, 5) is 10.2. The van der Waals surface area contributed by atoms with E-state index in [2.05, 4.69) is 198 Å². The molecule has 0 fully saturated rings. The molecule has 1 aliphatic rings. The minimum absolute atomic E-state index is 0.170. The normalized spacial score (nSPS) is 13.9. The molecular weight excluding hydrogens is 693 g/mol. The summed E-state index contributed by atoms with van der Waals surface area (Å²) in [6.45, 7) is 17.6. The van der Waals surface area contributed by atoms with Crippen LogP contribution in [-0.2, 0) is 5.41 Å². The monoisotopic (exact) mass is 738 g/mol. The molecule has 0 aliphatic heterocycles. The van der Waals surface area contributed by atoms with Gasteiger partial charge in [0.2, 0.25) is 0 Å². The summed E-state index contributed by atoms with van der Waals surface area (Å²) in [5.41, 5.74) is 21.3. The molecule has 0 radical (unpaired) electrons. The lowest BCUT2D eigenvalue weighted by Crippen LogP contribution is -2.15. The van der Waals surface area contributed by atoms with Crippen molar-refractivity contribution < 1.29 is 0 Å². The largest absolute Gasteiger partial charge is 0.296 e. The van der Waals surface area contributed by atoms with Crippen molar-refractivity contribution in [2.24, 2.45) is 0 Å². The summed E-state index contributed by atoms with van der Waals surface area (Å²) in [7, 11) is 0. The van der Waals surface area contributed by atoms with Gasteiger partial charge in [-0.1, -0.05) is 92.7 Å². The molecule has 0 amide bonds. The van der Waals surface area contributed by atoms with E-state index in [0.29, 0.717) is 0 Å². The molecule has 1 aliphatic carbocycles. The molecule has 10 rings (SSSR count). The Bertz CT molecular complexity index is 3270. The third-order valence-electron chi connectivity index (χ3n) is 12.5. The maximum atomic E-state index is 5.12. The van der Waals surface area contributed by atoms with Crippen molar-refractivity contribution in [3.8, 4) is 33.4 Å². The van der Waals surface area contributed by atoms with Crippen molar-refractivity contribution in [1.82, 2.24) is 18.8 Å². The Morgan fingerprint density at radius 2 is 1.07 bits per heavy atom. The lowest BCUT2D eigenvalue weighted by atomic mass is 9.80. The number of aromatic nitrogens is 4. The van der Waals surface area contributed by atoms with Crippen LogP contribution in [0, 0.1) is 20.8 Å². The second kappa shape index (κ2) is 12.8. The van der Waals surface area contributed by atoms with Crippen LogP contribution in [0.2, 0.25) is 0 Å². The topological polar surface area (TPSA) is 34.6 Å². The van der Waals surface area contributed by atoms with Gasteiger partial charge in [-0.3, -0.25) is 8.80 Å². The number of para-hydroxylation sites is 2. The van der Waals surface area contributed by atoms with Crippen molar-refractivity contribution in [3.05, 3.63) is 160 Å². The molecule has 4 nitrogen and oxygen atoms in total. The van der Waals surface area contributed by atoms with Crippen LogP contribution >= 0.6 is 0 Å². The second-order valence-corrected chi connectivity index (χ2v) is 16.2. The van der Waals surface area contributed by atoms with Crippen LogP contribution < -0.4 is 0 Å². The number of pyridine rings is 2. The molecule has 0 N–H and O–H groups in total. The van der Waals surface area contributed by atoms with E-state index in [4.69, 9.17) is 9.97 Å². The quantitative estimate of drug-likeness (QED) is 0.176. The molecule has 0 unspecified atom stereocenters. The first-order chi connectivity index (χ1) is 27.6. The van der Waals surface area contributed by atoms with E-state index >= 15 is 0 Å². The highest BCUT2D eigenvalue weighted by Gasteiger charge is 2.36. The first-order valence-corrected chi connectivity index (χ1v) is 20.1. The van der Waals surface area contributed by atoms with E-state index < -0.39 is 0 Å². The van der Waals surface area contributed by atoms with Gasteiger partial charge in [0, 0.05) is 27.4 Å². The third-order valence-corrected chi connectivity index (χ3v) is 12.5. The maximum absolute atomic E-state index is 5.12. The van der Waals surface area contributed by atoms with E-state index in [1.54, 1.807) is 0 Å². The Morgan fingerprint density at radius 1 is 0.526 bits per heavy atom. The average Bonchev–Trinajstić information content (AvgIpc) is 3.85. The number of fused-ring (bicyclic) bond motifs is 11. The molecule has 278 valence electrons. The zero-order chi connectivity index (χ0) is 39.3. The summed E-state index contributed by atoms with van der Waals surface area (Å²) in [6.07, 6.45) is 13.0. The number of rotatable bonds is 5. The van der Waals surface area contributed by atoms with Crippen LogP contribution in [-0.4, -0.2) is 18.8 Å². The number of hydrogen-bond acceptors (Lipinski definition) is 2. The smallest absolute Gasteiger partial charge is 0.146 e. The summed E-state index contributed by atoms with van der Waals surface area (Å²) in [5.74, 6) is 0. The summed E-state index contributed by atoms with van der Waals surface area (Å²) in [5, 5.41) is 4.81. The van der Waals surface area contributed by atoms with Gasteiger partial charge in [-0.25, -0.2) is 9.97 Å². The van der Waals surface area contributed by atoms with Crippen LogP contribution in [0.4, 0.5) is 0 Å². The lowest BCUT2D eigenvalue weighted by molar-refractivity contribution is 0.661. The molecule has 5 aromatic carbocycles. The van der Waals surface area contributed by atoms with Gasteiger partial charge in [0.25, 0.3) is 0 Å². The molecular formula is C53H46N4. The van der Waals surface area contributed by atoms with Gasteiger partial charge >= 0.3 is 0 Å². The number of allylic oxidation sites excluding steroid dienone is 3. The van der Waals surface area contributed by atoms with Gasteiger partial charge in [-0.2, -0.15) is 0 Å². The molecule has 0 bridgehead atoms. The number of nitrogens with zero attached hydrogens (tertiary/aromatic N) is 4. The highest BCUT2D eigenvalue weighted by atomic mass is 15.0. The highest BCUT2D eigenvalue weighted by molar-refractivity contribution is 6.04. The zero-order valence-corrected chi connectivity index (χ0v) is 34.0. The molecule has 0 atom stereocenters. The Balaban J connectivity index is 1.07. The number of imidazole rings is 2. The van der Waals surface area contributed by atoms with Crippen molar-refractivity contribution in [2.75, 3.05) is 0 Å². The van der Waals surface area contributed by atoms with E-state index in [0.717, 1.165) is 33.7 Å². The molecule has 0 spiro atoms. The predicted octanol–water partition coefficient (Wildman–Crippen LogP) is 14.1. The van der Waals surface area contributed by atoms with E-state index in [1.807, 2.05) is 0 Å². The average molecular weight is 739 g/mol. The van der Waals surface area contributed by atoms with Gasteiger partial charge in [0.1, 0.15) is 11.3 Å². The highest BCUT2D eigenvalue weighted by Crippen LogP contribution is 2.51. The molecule has 9 aromatic rings. The Morgan fingerprint density at radius 3 is 1.72 bits per heavy atom. The lowest BCUT2D eigenvalue weighted by Gasteiger charge is -2.23. The number of aryl methyl sites for hydroxylation is 3. The Hall–Kier alpha value is -6.52. The van der Waals surface area contributed by atoms with Crippen molar-refractivity contribution in [3.63, 3.8) is 0 Å². The Labute approximate surface area is 334 Å². The first kappa shape index (κ1) is 34.9. The van der Waals surface area contributed by atoms with Crippen LogP contribution in [0.3, 0.4) is 0 Å². The van der Waals surface area contributed by atoms with E-state index in [-0.39, 0.29) is 5.41 Å². The summed E-state index contributed by atoms with van der Waals surface area (Å²) in [6, 6.07) is 36.4. The van der Waals surface area contributed by atoms with Gasteiger partial charge in [0.15, 0.2) is 0 Å². The van der Waals surface area contributed by atoms with Gasteiger partial charge in [0.05, 0.1) is 28.1 Å². The fourth-order valence-corrected chi connectivity index (χ4v) is 9.69. The molecule has 0 saturated heterocycles. The summed E-state index contributed by atoms with van der Waals surface area (Å²) < 4.78 is 4.63. The minimum atomic E-state index is -0.170. The molecule has 0 saturated carbocycles. The number of benzene rings is 5. The van der Waals surface area contributed by atoms with Crippen LogP contribution in [0.15, 0.2) is 115 Å². The predicted molar refractivity (Wildman–Crippen MR) is 243 cm³/mol. The SMILES string of the molecule is C/C=C\c1c(C)n2c(/C=C\C)c(C)nc2c2ccc(-c3ccc4c(c3)C(C)(C)c3cc(-c5ccc6c(c5)c(C)c(/C=C\C)n5c7ccccc7nc65)ccc3-4)cc12. The number of hydrogen-bond donors (Lipinski definition) is 0.